The van der Waals surface area contributed by atoms with E-state index in [1.165, 1.54) is 0 Å². The number of anilines is 1. The molecule has 0 aliphatic heterocycles. The van der Waals surface area contributed by atoms with Gasteiger partial charge in [-0.2, -0.15) is 0 Å². The number of nitrogens with one attached hydrogen (secondary N) is 1. The summed E-state index contributed by atoms with van der Waals surface area (Å²) >= 11 is 0. The van der Waals surface area contributed by atoms with Crippen LogP contribution in [0, 0.1) is 0 Å². The Hall–Kier alpha value is -1.16. The molecular formula is C10H18N4. The summed E-state index contributed by atoms with van der Waals surface area (Å²) in [7, 11) is 0. The Morgan fingerprint density at radius 1 is 1.14 bits per heavy atom. The van der Waals surface area contributed by atoms with Gasteiger partial charge in [0.15, 0.2) is 0 Å². The van der Waals surface area contributed by atoms with E-state index in [1.54, 1.807) is 0 Å². The van der Waals surface area contributed by atoms with Gasteiger partial charge in [-0.3, -0.25) is 0 Å². The SMILES string of the molecule is CC(C)c1cc(NN)nc(C(C)C)n1. The second kappa shape index (κ2) is 4.37. The summed E-state index contributed by atoms with van der Waals surface area (Å²) in [4.78, 5) is 8.76. The van der Waals surface area contributed by atoms with E-state index in [4.69, 9.17) is 5.84 Å². The summed E-state index contributed by atoms with van der Waals surface area (Å²) in [5.41, 5.74) is 3.59. The normalized spacial score (nSPS) is 11.1. The summed E-state index contributed by atoms with van der Waals surface area (Å²) in [5.74, 6) is 7.58. The van der Waals surface area contributed by atoms with Crippen molar-refractivity contribution in [1.29, 1.82) is 0 Å². The molecule has 3 N–H and O–H groups in total. The maximum Gasteiger partial charge on any atom is 0.143 e. The van der Waals surface area contributed by atoms with Gasteiger partial charge in [-0.05, 0) is 5.92 Å². The molecular weight excluding hydrogens is 176 g/mol. The highest BCUT2D eigenvalue weighted by Gasteiger charge is 2.09. The third kappa shape index (κ3) is 2.42. The highest BCUT2D eigenvalue weighted by atomic mass is 15.3. The number of hydrazine groups is 1. The van der Waals surface area contributed by atoms with E-state index in [1.807, 2.05) is 6.07 Å². The molecule has 4 heteroatoms. The summed E-state index contributed by atoms with van der Waals surface area (Å²) < 4.78 is 0. The summed E-state index contributed by atoms with van der Waals surface area (Å²) in [6, 6.07) is 1.89. The van der Waals surface area contributed by atoms with Crippen molar-refractivity contribution in [1.82, 2.24) is 9.97 Å². The number of nitrogens with zero attached hydrogens (tertiary/aromatic N) is 2. The van der Waals surface area contributed by atoms with Gasteiger partial charge in [0.1, 0.15) is 11.6 Å². The maximum atomic E-state index is 5.35. The van der Waals surface area contributed by atoms with Gasteiger partial charge >= 0.3 is 0 Å². The minimum Gasteiger partial charge on any atom is -0.308 e. The number of hydrogen-bond donors (Lipinski definition) is 2. The van der Waals surface area contributed by atoms with E-state index in [0.29, 0.717) is 17.7 Å². The minimum atomic E-state index is 0.320. The van der Waals surface area contributed by atoms with Crippen LogP contribution in [-0.2, 0) is 0 Å². The first kappa shape index (κ1) is 10.9. The van der Waals surface area contributed by atoms with Crippen LogP contribution in [0.4, 0.5) is 5.82 Å². The zero-order valence-electron chi connectivity index (χ0n) is 9.20. The van der Waals surface area contributed by atoms with Crippen LogP contribution in [0.3, 0.4) is 0 Å². The fourth-order valence-electron chi connectivity index (χ4n) is 1.11. The number of nitrogen functional groups attached to an aromatic ring is 1. The van der Waals surface area contributed by atoms with Crippen molar-refractivity contribution < 1.29 is 0 Å². The van der Waals surface area contributed by atoms with Crippen molar-refractivity contribution >= 4 is 5.82 Å². The van der Waals surface area contributed by atoms with Crippen LogP contribution in [0.2, 0.25) is 0 Å². The lowest BCUT2D eigenvalue weighted by Crippen LogP contribution is -2.12. The number of aromatic nitrogens is 2. The topological polar surface area (TPSA) is 63.8 Å². The molecule has 0 saturated heterocycles. The van der Waals surface area contributed by atoms with Gasteiger partial charge < -0.3 is 5.43 Å². The van der Waals surface area contributed by atoms with Crippen LogP contribution in [0.1, 0.15) is 51.0 Å². The average molecular weight is 194 g/mol. The Morgan fingerprint density at radius 2 is 1.79 bits per heavy atom. The molecule has 0 radical (unpaired) electrons. The Balaban J connectivity index is 3.13. The van der Waals surface area contributed by atoms with Crippen molar-refractivity contribution in [3.05, 3.63) is 17.6 Å². The van der Waals surface area contributed by atoms with Crippen LogP contribution in [0.25, 0.3) is 0 Å². The smallest absolute Gasteiger partial charge is 0.143 e. The number of nitrogens with two attached hydrogens (primary N) is 1. The Kier molecular flexibility index (Phi) is 3.41. The zero-order chi connectivity index (χ0) is 10.7. The molecule has 1 aromatic rings. The molecule has 0 aliphatic carbocycles. The molecule has 0 bridgehead atoms. The minimum absolute atomic E-state index is 0.320. The lowest BCUT2D eigenvalue weighted by atomic mass is 10.1. The monoisotopic (exact) mass is 194 g/mol. The fraction of sp³-hybridized carbons (Fsp3) is 0.600. The molecule has 4 nitrogen and oxygen atoms in total. The third-order valence-electron chi connectivity index (χ3n) is 2.02. The first-order chi connectivity index (χ1) is 6.54. The Labute approximate surface area is 84.9 Å². The van der Waals surface area contributed by atoms with Crippen molar-refractivity contribution in [3.8, 4) is 0 Å². The Morgan fingerprint density at radius 3 is 2.21 bits per heavy atom. The highest BCUT2D eigenvalue weighted by molar-refractivity contribution is 5.35. The third-order valence-corrected chi connectivity index (χ3v) is 2.02. The average Bonchev–Trinajstić information content (AvgIpc) is 2.16. The first-order valence-electron chi connectivity index (χ1n) is 4.90. The van der Waals surface area contributed by atoms with E-state index in [9.17, 15) is 0 Å². The van der Waals surface area contributed by atoms with Crippen molar-refractivity contribution in [2.24, 2.45) is 5.84 Å². The van der Waals surface area contributed by atoms with Crippen LogP contribution >= 0.6 is 0 Å². The molecule has 0 spiro atoms. The van der Waals surface area contributed by atoms with Gasteiger partial charge in [-0.1, -0.05) is 27.7 Å². The molecule has 1 aromatic heterocycles. The molecule has 1 heterocycles. The molecule has 0 saturated carbocycles. The van der Waals surface area contributed by atoms with Gasteiger partial charge in [0.25, 0.3) is 0 Å². The van der Waals surface area contributed by atoms with Crippen LogP contribution in [-0.4, -0.2) is 9.97 Å². The van der Waals surface area contributed by atoms with E-state index in [2.05, 4.69) is 43.1 Å². The molecule has 0 atom stereocenters. The molecule has 0 fully saturated rings. The van der Waals surface area contributed by atoms with Crippen molar-refractivity contribution in [2.75, 3.05) is 5.43 Å². The second-order valence-corrected chi connectivity index (χ2v) is 3.99. The number of rotatable bonds is 3. The standard InChI is InChI=1S/C10H18N4/c1-6(2)8-5-9(14-11)13-10(12-8)7(3)4/h5-7H,11H2,1-4H3,(H,12,13,14). The molecule has 1 rings (SSSR count). The van der Waals surface area contributed by atoms with Crippen molar-refractivity contribution in [2.45, 2.75) is 39.5 Å². The lowest BCUT2D eigenvalue weighted by Gasteiger charge is -2.11. The van der Waals surface area contributed by atoms with Gasteiger partial charge in [0, 0.05) is 17.7 Å². The summed E-state index contributed by atoms with van der Waals surface area (Å²) in [6.45, 7) is 8.35. The molecule has 0 unspecified atom stereocenters. The Bertz CT molecular complexity index is 281. The highest BCUT2D eigenvalue weighted by Crippen LogP contribution is 2.18. The van der Waals surface area contributed by atoms with Crippen LogP contribution < -0.4 is 11.3 Å². The largest absolute Gasteiger partial charge is 0.308 e. The van der Waals surface area contributed by atoms with E-state index < -0.39 is 0 Å². The van der Waals surface area contributed by atoms with Gasteiger partial charge in [0.2, 0.25) is 0 Å². The van der Waals surface area contributed by atoms with Gasteiger partial charge in [0.05, 0.1) is 0 Å². The van der Waals surface area contributed by atoms with Gasteiger partial charge in [-0.15, -0.1) is 0 Å². The van der Waals surface area contributed by atoms with Crippen molar-refractivity contribution in [3.63, 3.8) is 0 Å². The number of hydrogen-bond acceptors (Lipinski definition) is 4. The second-order valence-electron chi connectivity index (χ2n) is 3.99. The van der Waals surface area contributed by atoms with Crippen LogP contribution in [0.15, 0.2) is 6.07 Å². The van der Waals surface area contributed by atoms with Crippen LogP contribution in [0.5, 0.6) is 0 Å². The summed E-state index contributed by atoms with van der Waals surface area (Å²) in [6.07, 6.45) is 0. The molecule has 14 heavy (non-hydrogen) atoms. The predicted octanol–water partition coefficient (Wildman–Crippen LogP) is 2.01. The predicted molar refractivity (Wildman–Crippen MR) is 58.0 cm³/mol. The maximum absolute atomic E-state index is 5.35. The van der Waals surface area contributed by atoms with Gasteiger partial charge in [-0.25, -0.2) is 15.8 Å². The molecule has 0 aromatic carbocycles. The molecule has 0 aliphatic rings. The quantitative estimate of drug-likeness (QED) is 0.570. The first-order valence-corrected chi connectivity index (χ1v) is 4.90. The fourth-order valence-corrected chi connectivity index (χ4v) is 1.11. The lowest BCUT2D eigenvalue weighted by molar-refractivity contribution is 0.730. The zero-order valence-corrected chi connectivity index (χ0v) is 9.20. The van der Waals surface area contributed by atoms with E-state index in [0.717, 1.165) is 11.5 Å². The molecule has 0 amide bonds. The van der Waals surface area contributed by atoms with E-state index >= 15 is 0 Å². The molecule has 78 valence electrons. The summed E-state index contributed by atoms with van der Waals surface area (Å²) in [5, 5.41) is 0. The van der Waals surface area contributed by atoms with E-state index in [-0.39, 0.29) is 0 Å².